The van der Waals surface area contributed by atoms with E-state index in [1.807, 2.05) is 0 Å². The molecule has 0 radical (unpaired) electrons. The maximum atomic E-state index is 3.79. The molecular weight excluding hydrogens is 372 g/mol. The zero-order valence-corrected chi connectivity index (χ0v) is 21.8. The molecule has 0 aromatic heterocycles. The number of allylic oxidation sites excluding steroid dienone is 3. The van der Waals surface area contributed by atoms with Gasteiger partial charge in [-0.2, -0.15) is 0 Å². The average Bonchev–Trinajstić information content (AvgIpc) is 2.78. The van der Waals surface area contributed by atoms with Crippen LogP contribution in [0.4, 0.5) is 0 Å². The summed E-state index contributed by atoms with van der Waals surface area (Å²) in [4.78, 5) is 0. The molecule has 0 aliphatic heterocycles. The predicted molar refractivity (Wildman–Crippen MR) is 145 cm³/mol. The molecule has 0 saturated heterocycles. The first-order valence-corrected chi connectivity index (χ1v) is 14.7. The molecule has 0 unspecified atom stereocenters. The van der Waals surface area contributed by atoms with Crippen molar-refractivity contribution < 1.29 is 0 Å². The molecule has 0 aliphatic rings. The third-order valence-corrected chi connectivity index (χ3v) is 6.67. The molecule has 0 N–H and O–H groups in total. The Balaban J connectivity index is 3.07. The van der Waals surface area contributed by atoms with Crippen molar-refractivity contribution in [1.82, 2.24) is 0 Å². The van der Waals surface area contributed by atoms with Crippen molar-refractivity contribution in [2.24, 2.45) is 0 Å². The van der Waals surface area contributed by atoms with Crippen LogP contribution >= 0.6 is 0 Å². The van der Waals surface area contributed by atoms with Gasteiger partial charge in [0.05, 0.1) is 0 Å². The van der Waals surface area contributed by atoms with Gasteiger partial charge in [0.25, 0.3) is 0 Å². The Labute approximate surface area is 198 Å². The van der Waals surface area contributed by atoms with Crippen LogP contribution in [0.15, 0.2) is 24.8 Å². The highest BCUT2D eigenvalue weighted by atomic mass is 14.0. The third kappa shape index (κ3) is 29.5. The quantitative estimate of drug-likeness (QED) is 0.0893. The normalized spacial score (nSPS) is 11.5. The fourth-order valence-electron chi connectivity index (χ4n) is 4.48. The number of hydrogen-bond acceptors (Lipinski definition) is 0. The minimum Gasteiger partial charge on any atom is -0.103 e. The molecule has 0 amide bonds. The molecule has 0 heteroatoms. The Hall–Kier alpha value is -0.520. The van der Waals surface area contributed by atoms with E-state index in [9.17, 15) is 0 Å². The maximum Gasteiger partial charge on any atom is -0.0351 e. The molecule has 0 spiro atoms. The molecule has 0 aromatic carbocycles. The largest absolute Gasteiger partial charge is 0.103 e. The van der Waals surface area contributed by atoms with Crippen molar-refractivity contribution in [3.63, 3.8) is 0 Å². The molecule has 0 saturated carbocycles. The van der Waals surface area contributed by atoms with Crippen molar-refractivity contribution in [2.75, 3.05) is 0 Å². The SMILES string of the molecule is C=CCCCCCCCCCCCCCC=CCCCCCCCCCCCCCC. The Morgan fingerprint density at radius 3 is 0.903 bits per heavy atom. The van der Waals surface area contributed by atoms with Crippen molar-refractivity contribution >= 4 is 0 Å². The lowest BCUT2D eigenvalue weighted by molar-refractivity contribution is 0.544. The highest BCUT2D eigenvalue weighted by molar-refractivity contribution is 4.81. The Morgan fingerprint density at radius 1 is 0.355 bits per heavy atom. The van der Waals surface area contributed by atoms with Gasteiger partial charge < -0.3 is 0 Å². The first-order valence-electron chi connectivity index (χ1n) is 14.7. The summed E-state index contributed by atoms with van der Waals surface area (Å²) in [6.07, 6.45) is 43.9. The van der Waals surface area contributed by atoms with Crippen molar-refractivity contribution in [3.05, 3.63) is 24.8 Å². The second-order valence-electron chi connectivity index (χ2n) is 9.90. The third-order valence-electron chi connectivity index (χ3n) is 6.67. The van der Waals surface area contributed by atoms with Gasteiger partial charge in [0.1, 0.15) is 0 Å². The van der Waals surface area contributed by atoms with Crippen LogP contribution in [0.5, 0.6) is 0 Å². The van der Waals surface area contributed by atoms with Gasteiger partial charge in [-0.15, -0.1) is 6.58 Å². The molecule has 0 bridgehead atoms. The van der Waals surface area contributed by atoms with Crippen LogP contribution in [0.25, 0.3) is 0 Å². The predicted octanol–water partition coefficient (Wildman–Crippen LogP) is 11.9. The average molecular weight is 433 g/mol. The van der Waals surface area contributed by atoms with E-state index < -0.39 is 0 Å². The van der Waals surface area contributed by atoms with Gasteiger partial charge in [0.15, 0.2) is 0 Å². The minimum absolute atomic E-state index is 1.20. The summed E-state index contributed by atoms with van der Waals surface area (Å²) in [6, 6.07) is 0. The number of rotatable bonds is 27. The lowest BCUT2D eigenvalue weighted by atomic mass is 10.0. The zero-order chi connectivity index (χ0) is 22.5. The van der Waals surface area contributed by atoms with Crippen molar-refractivity contribution in [1.29, 1.82) is 0 Å². The second kappa shape index (κ2) is 29.5. The minimum atomic E-state index is 1.20. The molecule has 0 fully saturated rings. The van der Waals surface area contributed by atoms with E-state index in [-0.39, 0.29) is 0 Å². The topological polar surface area (TPSA) is 0 Å². The molecule has 0 rings (SSSR count). The zero-order valence-electron chi connectivity index (χ0n) is 21.8. The Morgan fingerprint density at radius 2 is 0.613 bits per heavy atom. The van der Waals surface area contributed by atoms with Gasteiger partial charge in [-0.3, -0.25) is 0 Å². The van der Waals surface area contributed by atoms with Crippen LogP contribution in [0.3, 0.4) is 0 Å². The summed E-state index contributed by atoms with van der Waals surface area (Å²) in [5.41, 5.74) is 0. The lowest BCUT2D eigenvalue weighted by Gasteiger charge is -2.02. The van der Waals surface area contributed by atoms with Gasteiger partial charge in [-0.25, -0.2) is 0 Å². The van der Waals surface area contributed by atoms with Gasteiger partial charge in [0.2, 0.25) is 0 Å². The van der Waals surface area contributed by atoms with E-state index >= 15 is 0 Å². The van der Waals surface area contributed by atoms with E-state index in [1.165, 1.54) is 167 Å². The number of hydrogen-bond donors (Lipinski definition) is 0. The van der Waals surface area contributed by atoms with Crippen LogP contribution in [0.1, 0.15) is 174 Å². The van der Waals surface area contributed by atoms with Crippen molar-refractivity contribution in [2.45, 2.75) is 174 Å². The summed E-state index contributed by atoms with van der Waals surface area (Å²) < 4.78 is 0. The summed E-state index contributed by atoms with van der Waals surface area (Å²) in [6.45, 7) is 6.09. The van der Waals surface area contributed by atoms with Gasteiger partial charge in [-0.05, 0) is 38.5 Å². The second-order valence-corrected chi connectivity index (χ2v) is 9.90. The Kier molecular flexibility index (Phi) is 29.0. The van der Waals surface area contributed by atoms with Crippen LogP contribution in [-0.2, 0) is 0 Å². The molecule has 0 atom stereocenters. The summed E-state index contributed by atoms with van der Waals surface area (Å²) in [5, 5.41) is 0. The van der Waals surface area contributed by atoms with Crippen LogP contribution in [0, 0.1) is 0 Å². The van der Waals surface area contributed by atoms with E-state index in [0.717, 1.165) is 0 Å². The van der Waals surface area contributed by atoms with E-state index in [0.29, 0.717) is 0 Å². The molecule has 31 heavy (non-hydrogen) atoms. The monoisotopic (exact) mass is 432 g/mol. The van der Waals surface area contributed by atoms with E-state index in [4.69, 9.17) is 0 Å². The van der Waals surface area contributed by atoms with Gasteiger partial charge >= 0.3 is 0 Å². The molecule has 184 valence electrons. The molecular formula is C31H60. The number of unbranched alkanes of at least 4 members (excludes halogenated alkanes) is 24. The molecule has 0 aliphatic carbocycles. The van der Waals surface area contributed by atoms with Crippen LogP contribution < -0.4 is 0 Å². The fourth-order valence-corrected chi connectivity index (χ4v) is 4.48. The van der Waals surface area contributed by atoms with Crippen LogP contribution in [-0.4, -0.2) is 0 Å². The first kappa shape index (κ1) is 30.5. The highest BCUT2D eigenvalue weighted by Gasteiger charge is 1.94. The lowest BCUT2D eigenvalue weighted by Crippen LogP contribution is -1.83. The molecule has 0 aromatic rings. The Bertz CT molecular complexity index is 340. The summed E-state index contributed by atoms with van der Waals surface area (Å²) in [7, 11) is 0. The van der Waals surface area contributed by atoms with Gasteiger partial charge in [-0.1, -0.05) is 154 Å². The summed E-state index contributed by atoms with van der Waals surface area (Å²) >= 11 is 0. The molecule has 0 nitrogen and oxygen atoms in total. The fraction of sp³-hybridized carbons (Fsp3) is 0.871. The highest BCUT2D eigenvalue weighted by Crippen LogP contribution is 2.14. The van der Waals surface area contributed by atoms with E-state index in [2.05, 4.69) is 31.7 Å². The van der Waals surface area contributed by atoms with Crippen molar-refractivity contribution in [3.8, 4) is 0 Å². The summed E-state index contributed by atoms with van der Waals surface area (Å²) in [5.74, 6) is 0. The molecule has 0 heterocycles. The first-order chi connectivity index (χ1) is 15.4. The van der Waals surface area contributed by atoms with Crippen LogP contribution in [0.2, 0.25) is 0 Å². The maximum absolute atomic E-state index is 3.79. The standard InChI is InChI=1S/C31H60/c1-3-5-7-9-11-13-15-17-19-21-23-25-27-29-31-30-28-26-24-22-20-18-16-14-12-10-8-6-4-2/h3,30-31H,1,4-29H2,2H3. The smallest absolute Gasteiger partial charge is 0.0351 e. The van der Waals surface area contributed by atoms with Gasteiger partial charge in [0, 0.05) is 0 Å². The van der Waals surface area contributed by atoms with E-state index in [1.54, 1.807) is 0 Å².